The van der Waals surface area contributed by atoms with E-state index in [-0.39, 0.29) is 5.91 Å². The van der Waals surface area contributed by atoms with Crippen LogP contribution in [0, 0.1) is 17.8 Å². The molecule has 2 fully saturated rings. The second kappa shape index (κ2) is 7.22. The number of hydrogen-bond acceptors (Lipinski definition) is 3. The van der Waals surface area contributed by atoms with Gasteiger partial charge in [0.25, 0.3) is 5.91 Å². The molecule has 1 aromatic carbocycles. The van der Waals surface area contributed by atoms with Crippen LogP contribution in [0.4, 0.5) is 0 Å². The van der Waals surface area contributed by atoms with Gasteiger partial charge in [-0.05, 0) is 49.4 Å². The molecule has 138 valence electrons. The highest BCUT2D eigenvalue weighted by Crippen LogP contribution is 2.49. The van der Waals surface area contributed by atoms with Crippen molar-refractivity contribution in [1.82, 2.24) is 19.8 Å². The molecule has 7 heteroatoms. The number of aromatic nitrogens is 2. The summed E-state index contributed by atoms with van der Waals surface area (Å²) in [5.74, 6) is 1.89. The summed E-state index contributed by atoms with van der Waals surface area (Å²) in [7, 11) is 0. The molecule has 1 aliphatic heterocycles. The quantitative estimate of drug-likeness (QED) is 0.819. The molecule has 0 bridgehead atoms. The van der Waals surface area contributed by atoms with Crippen LogP contribution in [0.3, 0.4) is 0 Å². The summed E-state index contributed by atoms with van der Waals surface area (Å²) < 4.78 is 1.91. The van der Waals surface area contributed by atoms with Crippen LogP contribution >= 0.6 is 23.2 Å². The number of hydrogen-bond donors (Lipinski definition) is 1. The first-order valence-corrected chi connectivity index (χ1v) is 9.78. The zero-order chi connectivity index (χ0) is 18.3. The smallest absolute Gasteiger partial charge is 0.274 e. The van der Waals surface area contributed by atoms with Crippen LogP contribution in [-0.4, -0.2) is 40.0 Å². The van der Waals surface area contributed by atoms with Crippen molar-refractivity contribution < 1.29 is 4.79 Å². The highest BCUT2D eigenvalue weighted by Gasteiger charge is 2.53. The molecule has 1 saturated carbocycles. The molecule has 2 heterocycles. The van der Waals surface area contributed by atoms with Crippen molar-refractivity contribution in [2.24, 2.45) is 17.8 Å². The van der Waals surface area contributed by atoms with Crippen LogP contribution in [0.1, 0.15) is 23.0 Å². The normalized spacial score (nSPS) is 23.7. The zero-order valence-electron chi connectivity index (χ0n) is 14.7. The number of halogens is 2. The predicted molar refractivity (Wildman–Crippen MR) is 102 cm³/mol. The molecule has 1 saturated heterocycles. The van der Waals surface area contributed by atoms with Crippen molar-refractivity contribution in [1.29, 1.82) is 0 Å². The summed E-state index contributed by atoms with van der Waals surface area (Å²) in [6.45, 7) is 6.11. The van der Waals surface area contributed by atoms with E-state index in [2.05, 4.69) is 10.3 Å². The lowest BCUT2D eigenvalue weighted by atomic mass is 10.1. The monoisotopic (exact) mass is 392 g/mol. The summed E-state index contributed by atoms with van der Waals surface area (Å²) >= 11 is 12.5. The summed E-state index contributed by atoms with van der Waals surface area (Å²) in [5, 5.41) is 4.44. The van der Waals surface area contributed by atoms with Gasteiger partial charge in [-0.3, -0.25) is 4.79 Å². The molecule has 1 N–H and O–H groups in total. The number of nitrogens with one attached hydrogen (secondary N) is 1. The molecule has 2 aromatic rings. The van der Waals surface area contributed by atoms with Gasteiger partial charge in [-0.1, -0.05) is 35.3 Å². The topological polar surface area (TPSA) is 50.2 Å². The van der Waals surface area contributed by atoms with Crippen molar-refractivity contribution in [3.63, 3.8) is 0 Å². The molecule has 1 aliphatic carbocycles. The van der Waals surface area contributed by atoms with Gasteiger partial charge in [0.2, 0.25) is 0 Å². The Morgan fingerprint density at radius 2 is 2.12 bits per heavy atom. The fourth-order valence-corrected chi connectivity index (χ4v) is 4.35. The molecule has 1 amide bonds. The van der Waals surface area contributed by atoms with E-state index >= 15 is 0 Å². The van der Waals surface area contributed by atoms with Crippen LogP contribution in [0.15, 0.2) is 30.7 Å². The number of rotatable bonds is 6. The Kier molecular flexibility index (Phi) is 4.95. The standard InChI is InChI=1S/C19H22Cl2N4O/c1-2-24-10-17(23-11-24)19(26)25(9-15-13-6-22-7-14(13)15)8-12-4-3-5-16(20)18(12)21/h3-5,10-11,13-15,22H,2,6-9H2,1H3. The summed E-state index contributed by atoms with van der Waals surface area (Å²) in [6, 6.07) is 5.56. The van der Waals surface area contributed by atoms with E-state index in [1.54, 1.807) is 12.4 Å². The van der Waals surface area contributed by atoms with Crippen molar-refractivity contribution in [3.05, 3.63) is 52.0 Å². The largest absolute Gasteiger partial charge is 0.337 e. The van der Waals surface area contributed by atoms with Crippen molar-refractivity contribution >= 4 is 29.1 Å². The average molecular weight is 393 g/mol. The average Bonchev–Trinajstić information content (AvgIpc) is 3.05. The second-order valence-electron chi connectivity index (χ2n) is 7.14. The Hall–Kier alpha value is -1.56. The summed E-state index contributed by atoms with van der Waals surface area (Å²) in [4.78, 5) is 19.3. The third-order valence-corrected chi connectivity index (χ3v) is 6.46. The fourth-order valence-electron chi connectivity index (χ4n) is 3.97. The van der Waals surface area contributed by atoms with Crippen LogP contribution in [-0.2, 0) is 13.1 Å². The fraction of sp³-hybridized carbons (Fsp3) is 0.474. The molecule has 5 nitrogen and oxygen atoms in total. The third-order valence-electron chi connectivity index (χ3n) is 5.60. The number of imidazole rings is 1. The Balaban J connectivity index is 1.56. The first-order chi connectivity index (χ1) is 12.6. The zero-order valence-corrected chi connectivity index (χ0v) is 16.2. The third kappa shape index (κ3) is 3.36. The lowest BCUT2D eigenvalue weighted by Gasteiger charge is -2.24. The number of benzene rings is 1. The molecular formula is C19H22Cl2N4O. The Bertz CT molecular complexity index is 812. The molecule has 2 aliphatic rings. The lowest BCUT2D eigenvalue weighted by Crippen LogP contribution is -2.34. The molecule has 26 heavy (non-hydrogen) atoms. The molecule has 4 rings (SSSR count). The number of carbonyl (C=O) groups excluding carboxylic acids is 1. The van der Waals surface area contributed by atoms with E-state index in [1.165, 1.54) is 0 Å². The minimum absolute atomic E-state index is 0.0498. The maximum absolute atomic E-state index is 13.1. The number of piperidine rings is 1. The number of amides is 1. The predicted octanol–water partition coefficient (Wildman–Crippen LogP) is 3.32. The van der Waals surface area contributed by atoms with Crippen molar-refractivity contribution in [2.45, 2.75) is 20.0 Å². The van der Waals surface area contributed by atoms with Gasteiger partial charge in [0.05, 0.1) is 16.4 Å². The van der Waals surface area contributed by atoms with Crippen LogP contribution in [0.5, 0.6) is 0 Å². The number of aryl methyl sites for hydroxylation is 1. The van der Waals surface area contributed by atoms with Crippen LogP contribution < -0.4 is 5.32 Å². The maximum atomic E-state index is 13.1. The highest BCUT2D eigenvalue weighted by molar-refractivity contribution is 6.42. The van der Waals surface area contributed by atoms with Gasteiger partial charge < -0.3 is 14.8 Å². The van der Waals surface area contributed by atoms with Crippen molar-refractivity contribution in [3.8, 4) is 0 Å². The molecule has 0 radical (unpaired) electrons. The van der Waals surface area contributed by atoms with Gasteiger partial charge >= 0.3 is 0 Å². The lowest BCUT2D eigenvalue weighted by molar-refractivity contribution is 0.0723. The summed E-state index contributed by atoms with van der Waals surface area (Å²) in [5.41, 5.74) is 1.35. The Labute approximate surface area is 163 Å². The van der Waals surface area contributed by atoms with E-state index < -0.39 is 0 Å². The van der Waals surface area contributed by atoms with E-state index in [9.17, 15) is 4.79 Å². The second-order valence-corrected chi connectivity index (χ2v) is 7.92. The molecule has 1 aromatic heterocycles. The van der Waals surface area contributed by atoms with Gasteiger partial charge in [-0.15, -0.1) is 0 Å². The van der Waals surface area contributed by atoms with Crippen molar-refractivity contribution in [2.75, 3.05) is 19.6 Å². The van der Waals surface area contributed by atoms with Crippen LogP contribution in [0.2, 0.25) is 10.0 Å². The van der Waals surface area contributed by atoms with Gasteiger partial charge in [0.15, 0.2) is 0 Å². The van der Waals surface area contributed by atoms with Gasteiger partial charge in [0.1, 0.15) is 5.69 Å². The van der Waals surface area contributed by atoms with E-state index in [0.29, 0.717) is 40.0 Å². The molecule has 2 atom stereocenters. The SMILES string of the molecule is CCn1cnc(C(=O)N(Cc2cccc(Cl)c2Cl)CC2C3CNCC32)c1. The van der Waals surface area contributed by atoms with Gasteiger partial charge in [-0.2, -0.15) is 0 Å². The minimum atomic E-state index is -0.0498. The molecule has 0 spiro atoms. The number of nitrogens with zero attached hydrogens (tertiary/aromatic N) is 3. The molecule has 2 unspecified atom stereocenters. The maximum Gasteiger partial charge on any atom is 0.274 e. The first-order valence-electron chi connectivity index (χ1n) is 9.03. The van der Waals surface area contributed by atoms with E-state index in [1.807, 2.05) is 34.7 Å². The van der Waals surface area contributed by atoms with E-state index in [0.717, 1.165) is 31.7 Å². The Morgan fingerprint density at radius 1 is 1.35 bits per heavy atom. The minimum Gasteiger partial charge on any atom is -0.337 e. The van der Waals surface area contributed by atoms with Crippen LogP contribution in [0.25, 0.3) is 0 Å². The highest BCUT2D eigenvalue weighted by atomic mass is 35.5. The Morgan fingerprint density at radius 3 is 2.81 bits per heavy atom. The number of fused-ring (bicyclic) bond motifs is 1. The molecular weight excluding hydrogens is 371 g/mol. The first kappa shape index (κ1) is 17.8. The summed E-state index contributed by atoms with van der Waals surface area (Å²) in [6.07, 6.45) is 3.51. The van der Waals surface area contributed by atoms with E-state index in [4.69, 9.17) is 23.2 Å². The van der Waals surface area contributed by atoms with Gasteiger partial charge in [0, 0.05) is 25.8 Å². The van der Waals surface area contributed by atoms with Gasteiger partial charge in [-0.25, -0.2) is 4.98 Å². The number of carbonyl (C=O) groups is 1.